The van der Waals surface area contributed by atoms with Crippen LogP contribution in [0.5, 0.6) is 0 Å². The van der Waals surface area contributed by atoms with Gasteiger partial charge in [-0.2, -0.15) is 4.98 Å². The van der Waals surface area contributed by atoms with Crippen LogP contribution in [0.4, 0.5) is 0 Å². The van der Waals surface area contributed by atoms with E-state index in [1.807, 2.05) is 70.3 Å². The van der Waals surface area contributed by atoms with Gasteiger partial charge in [0.25, 0.3) is 0 Å². The third-order valence-electron chi connectivity index (χ3n) is 5.26. The molecule has 28 heavy (non-hydrogen) atoms. The van der Waals surface area contributed by atoms with Gasteiger partial charge >= 0.3 is 0 Å². The number of hydrogen-bond acceptors (Lipinski definition) is 4. The molecule has 1 saturated heterocycles. The quantitative estimate of drug-likeness (QED) is 0.539. The maximum atomic E-state index is 12.6. The van der Waals surface area contributed by atoms with Gasteiger partial charge in [-0.3, -0.25) is 4.79 Å². The number of benzene rings is 2. The molecule has 0 atom stereocenters. The Balaban J connectivity index is 1.19. The summed E-state index contributed by atoms with van der Waals surface area (Å²) >= 11 is 0. The number of likely N-dealkylation sites (tertiary alicyclic amines) is 1. The molecule has 4 aromatic rings. The molecule has 2 aromatic heterocycles. The number of aromatic nitrogens is 3. The normalized spacial score (nSPS) is 14.4. The number of carbonyl (C=O) groups excluding carboxylic acids is 1. The van der Waals surface area contributed by atoms with Gasteiger partial charge < -0.3 is 14.0 Å². The van der Waals surface area contributed by atoms with E-state index in [0.29, 0.717) is 37.8 Å². The first kappa shape index (κ1) is 16.7. The van der Waals surface area contributed by atoms with Crippen LogP contribution in [0.25, 0.3) is 10.9 Å². The van der Waals surface area contributed by atoms with Crippen molar-refractivity contribution in [2.45, 2.75) is 18.9 Å². The van der Waals surface area contributed by atoms with Crippen LogP contribution in [0, 0.1) is 0 Å². The van der Waals surface area contributed by atoms with E-state index >= 15 is 0 Å². The topological polar surface area (TPSA) is 64.2 Å². The summed E-state index contributed by atoms with van der Waals surface area (Å²) in [7, 11) is 0. The molecule has 1 aliphatic heterocycles. The highest BCUT2D eigenvalue weighted by molar-refractivity contribution is 5.83. The number of fused-ring (bicyclic) bond motifs is 1. The molecule has 1 fully saturated rings. The summed E-state index contributed by atoms with van der Waals surface area (Å²) in [6.45, 7) is 1.61. The molecule has 0 unspecified atom stereocenters. The molecule has 1 amide bonds. The molecule has 140 valence electrons. The Labute approximate surface area is 162 Å². The minimum Gasteiger partial charge on any atom is -0.339 e. The first-order valence-corrected chi connectivity index (χ1v) is 9.44. The highest BCUT2D eigenvalue weighted by atomic mass is 16.5. The number of para-hydroxylation sites is 1. The summed E-state index contributed by atoms with van der Waals surface area (Å²) < 4.78 is 7.42. The van der Waals surface area contributed by atoms with Crippen molar-refractivity contribution in [2.24, 2.45) is 0 Å². The maximum absolute atomic E-state index is 12.6. The van der Waals surface area contributed by atoms with Crippen LogP contribution in [0.15, 0.2) is 71.4 Å². The van der Waals surface area contributed by atoms with Crippen molar-refractivity contribution < 1.29 is 9.32 Å². The Bertz CT molecular complexity index is 1110. The van der Waals surface area contributed by atoms with Crippen molar-refractivity contribution in [1.82, 2.24) is 19.6 Å². The average molecular weight is 372 g/mol. The third-order valence-corrected chi connectivity index (χ3v) is 5.26. The molecule has 2 aromatic carbocycles. The van der Waals surface area contributed by atoms with Crippen molar-refractivity contribution in [1.29, 1.82) is 0 Å². The largest absolute Gasteiger partial charge is 0.339 e. The van der Waals surface area contributed by atoms with Crippen LogP contribution >= 0.6 is 0 Å². The molecule has 1 aliphatic rings. The van der Waals surface area contributed by atoms with Crippen molar-refractivity contribution in [3.63, 3.8) is 0 Å². The van der Waals surface area contributed by atoms with Crippen LogP contribution in [0.1, 0.15) is 23.2 Å². The first-order valence-electron chi connectivity index (χ1n) is 9.44. The van der Waals surface area contributed by atoms with E-state index in [0.717, 1.165) is 16.5 Å². The van der Waals surface area contributed by atoms with Crippen LogP contribution in [0.2, 0.25) is 0 Å². The molecule has 0 bridgehead atoms. The van der Waals surface area contributed by atoms with E-state index in [-0.39, 0.29) is 11.8 Å². The number of hydrogen-bond donors (Lipinski definition) is 0. The van der Waals surface area contributed by atoms with Gasteiger partial charge in [-0.1, -0.05) is 53.7 Å². The number of carbonyl (C=O) groups is 1. The van der Waals surface area contributed by atoms with Gasteiger partial charge in [0.15, 0.2) is 5.82 Å². The molecule has 0 radical (unpaired) electrons. The van der Waals surface area contributed by atoms with Gasteiger partial charge in [0.1, 0.15) is 6.54 Å². The number of nitrogens with zero attached hydrogens (tertiary/aromatic N) is 4. The second kappa shape index (κ2) is 6.96. The summed E-state index contributed by atoms with van der Waals surface area (Å²) in [5, 5.41) is 5.23. The summed E-state index contributed by atoms with van der Waals surface area (Å²) in [5.74, 6) is 1.55. The summed E-state index contributed by atoms with van der Waals surface area (Å²) in [4.78, 5) is 19.0. The fraction of sp³-hybridized carbons (Fsp3) is 0.227. The SMILES string of the molecule is O=C(Cn1ccc2ccccc21)N1CC(c2nc(Cc3ccccc3)no2)C1. The molecule has 0 N–H and O–H groups in total. The fourth-order valence-corrected chi connectivity index (χ4v) is 3.65. The molecule has 5 rings (SSSR count). The molecular formula is C22H20N4O2. The summed E-state index contributed by atoms with van der Waals surface area (Å²) in [6.07, 6.45) is 2.62. The van der Waals surface area contributed by atoms with Gasteiger partial charge in [0.05, 0.1) is 5.92 Å². The lowest BCUT2D eigenvalue weighted by Gasteiger charge is -2.37. The van der Waals surface area contributed by atoms with Gasteiger partial charge in [-0.25, -0.2) is 0 Å². The smallest absolute Gasteiger partial charge is 0.242 e. The van der Waals surface area contributed by atoms with Crippen LogP contribution in [-0.2, 0) is 17.8 Å². The number of rotatable bonds is 5. The van der Waals surface area contributed by atoms with Crippen LogP contribution in [0.3, 0.4) is 0 Å². The zero-order valence-electron chi connectivity index (χ0n) is 15.4. The van der Waals surface area contributed by atoms with E-state index in [2.05, 4.69) is 16.2 Å². The zero-order chi connectivity index (χ0) is 18.9. The van der Waals surface area contributed by atoms with E-state index in [9.17, 15) is 4.79 Å². The molecule has 6 heteroatoms. The van der Waals surface area contributed by atoms with Gasteiger partial charge in [-0.15, -0.1) is 0 Å². The Morgan fingerprint density at radius 1 is 1.04 bits per heavy atom. The zero-order valence-corrected chi connectivity index (χ0v) is 15.4. The minimum atomic E-state index is 0.113. The van der Waals surface area contributed by atoms with Gasteiger partial charge in [0, 0.05) is 31.2 Å². The lowest BCUT2D eigenvalue weighted by molar-refractivity contribution is -0.136. The predicted octanol–water partition coefficient (Wildman–Crippen LogP) is 3.24. The van der Waals surface area contributed by atoms with E-state index in [1.54, 1.807) is 0 Å². The molecule has 0 aliphatic carbocycles. The van der Waals surface area contributed by atoms with Crippen molar-refractivity contribution in [3.05, 3.63) is 84.1 Å². The Morgan fingerprint density at radius 3 is 2.68 bits per heavy atom. The maximum Gasteiger partial charge on any atom is 0.242 e. The van der Waals surface area contributed by atoms with Crippen LogP contribution < -0.4 is 0 Å². The second-order valence-corrected chi connectivity index (χ2v) is 7.21. The second-order valence-electron chi connectivity index (χ2n) is 7.21. The third kappa shape index (κ3) is 3.17. The Hall–Kier alpha value is -3.41. The lowest BCUT2D eigenvalue weighted by atomic mass is 10.00. The van der Waals surface area contributed by atoms with E-state index < -0.39 is 0 Å². The summed E-state index contributed by atoms with van der Waals surface area (Å²) in [6, 6.07) is 20.2. The van der Waals surface area contributed by atoms with Gasteiger partial charge in [-0.05, 0) is 23.1 Å². The first-order chi connectivity index (χ1) is 13.8. The van der Waals surface area contributed by atoms with Crippen LogP contribution in [-0.4, -0.2) is 38.6 Å². The highest BCUT2D eigenvalue weighted by Crippen LogP contribution is 2.26. The predicted molar refractivity (Wildman–Crippen MR) is 105 cm³/mol. The van der Waals surface area contributed by atoms with Gasteiger partial charge in [0.2, 0.25) is 11.8 Å². The Kier molecular flexibility index (Phi) is 4.16. The van der Waals surface area contributed by atoms with Crippen molar-refractivity contribution in [2.75, 3.05) is 13.1 Å². The molecular weight excluding hydrogens is 352 g/mol. The summed E-state index contributed by atoms with van der Waals surface area (Å²) in [5.41, 5.74) is 2.23. The standard InChI is InChI=1S/C22H20N4O2/c27-21(15-25-11-10-17-8-4-5-9-19(17)25)26-13-18(14-26)22-23-20(24-28-22)12-16-6-2-1-3-7-16/h1-11,18H,12-15H2. The number of amides is 1. The minimum absolute atomic E-state index is 0.113. The lowest BCUT2D eigenvalue weighted by Crippen LogP contribution is -2.49. The van der Waals surface area contributed by atoms with Crippen molar-refractivity contribution in [3.8, 4) is 0 Å². The monoisotopic (exact) mass is 372 g/mol. The molecule has 0 saturated carbocycles. The van der Waals surface area contributed by atoms with Crippen molar-refractivity contribution >= 4 is 16.8 Å². The fourth-order valence-electron chi connectivity index (χ4n) is 3.65. The molecule has 0 spiro atoms. The van der Waals surface area contributed by atoms with E-state index in [1.165, 1.54) is 0 Å². The van der Waals surface area contributed by atoms with E-state index in [4.69, 9.17) is 4.52 Å². The highest BCUT2D eigenvalue weighted by Gasteiger charge is 2.35. The average Bonchev–Trinajstić information content (AvgIpc) is 3.29. The molecule has 3 heterocycles. The molecule has 6 nitrogen and oxygen atoms in total. The Morgan fingerprint density at radius 2 is 1.82 bits per heavy atom.